The third kappa shape index (κ3) is 2.74. The minimum absolute atomic E-state index is 0.0311. The van der Waals surface area contributed by atoms with Gasteiger partial charge >= 0.3 is 0 Å². The van der Waals surface area contributed by atoms with Crippen molar-refractivity contribution in [3.63, 3.8) is 0 Å². The topological polar surface area (TPSA) is 66.5 Å². The largest absolute Gasteiger partial charge is 0.338 e. The molecule has 0 saturated carbocycles. The van der Waals surface area contributed by atoms with Crippen molar-refractivity contribution in [3.8, 4) is 0 Å². The maximum atomic E-state index is 11.8. The molecular weight excluding hydrogens is 228 g/mol. The third-order valence-electron chi connectivity index (χ3n) is 3.26. The van der Waals surface area contributed by atoms with Gasteiger partial charge in [0.1, 0.15) is 0 Å². The Kier molecular flexibility index (Phi) is 4.32. The van der Waals surface area contributed by atoms with Gasteiger partial charge in [-0.1, -0.05) is 0 Å². The Labute approximate surface area is 97.1 Å². The van der Waals surface area contributed by atoms with Gasteiger partial charge in [-0.2, -0.15) is 0 Å². The standard InChI is InChI=1S/C10H20N2O3S/c1-8-9(2)16(14,15)7-6-12(8)10(13)4-5-11-3/h8-9,11H,4-7H2,1-3H3. The number of nitrogens with one attached hydrogen (secondary N) is 1. The summed E-state index contributed by atoms with van der Waals surface area (Å²) in [5, 5.41) is 2.46. The maximum absolute atomic E-state index is 11.8. The summed E-state index contributed by atoms with van der Waals surface area (Å²) in [4.78, 5) is 13.5. The van der Waals surface area contributed by atoms with E-state index in [1.54, 1.807) is 25.8 Å². The molecule has 5 nitrogen and oxygen atoms in total. The van der Waals surface area contributed by atoms with Crippen LogP contribution in [0, 0.1) is 0 Å². The lowest BCUT2D eigenvalue weighted by atomic mass is 10.2. The summed E-state index contributed by atoms with van der Waals surface area (Å²) < 4.78 is 23.2. The number of rotatable bonds is 3. The summed E-state index contributed by atoms with van der Waals surface area (Å²) in [5.74, 6) is 0.118. The van der Waals surface area contributed by atoms with Crippen molar-refractivity contribution >= 4 is 15.7 Å². The van der Waals surface area contributed by atoms with Crippen LogP contribution in [0.15, 0.2) is 0 Å². The van der Waals surface area contributed by atoms with E-state index in [2.05, 4.69) is 5.32 Å². The molecule has 6 heteroatoms. The molecule has 0 radical (unpaired) electrons. The van der Waals surface area contributed by atoms with Crippen LogP contribution < -0.4 is 5.32 Å². The highest BCUT2D eigenvalue weighted by Crippen LogP contribution is 2.19. The number of hydrogen-bond acceptors (Lipinski definition) is 4. The minimum Gasteiger partial charge on any atom is -0.338 e. The number of carbonyl (C=O) groups excluding carboxylic acids is 1. The molecule has 94 valence electrons. The quantitative estimate of drug-likeness (QED) is 0.740. The number of hydrogen-bond donors (Lipinski definition) is 1. The second kappa shape index (κ2) is 5.14. The van der Waals surface area contributed by atoms with Crippen molar-refractivity contribution in [2.75, 3.05) is 25.9 Å². The number of carbonyl (C=O) groups is 1. The van der Waals surface area contributed by atoms with E-state index in [4.69, 9.17) is 0 Å². The lowest BCUT2D eigenvalue weighted by molar-refractivity contribution is -0.133. The summed E-state index contributed by atoms with van der Waals surface area (Å²) in [6, 6.07) is -0.219. The van der Waals surface area contributed by atoms with E-state index < -0.39 is 15.1 Å². The highest BCUT2D eigenvalue weighted by molar-refractivity contribution is 7.92. The predicted octanol–water partition coefficient (Wildman–Crippen LogP) is -0.370. The van der Waals surface area contributed by atoms with Crippen molar-refractivity contribution in [1.82, 2.24) is 10.2 Å². The van der Waals surface area contributed by atoms with Crippen LogP contribution in [0.1, 0.15) is 20.3 Å². The van der Waals surface area contributed by atoms with Crippen LogP contribution in [0.4, 0.5) is 0 Å². The lowest BCUT2D eigenvalue weighted by Gasteiger charge is -2.37. The van der Waals surface area contributed by atoms with Gasteiger partial charge in [-0.05, 0) is 20.9 Å². The first-order chi connectivity index (χ1) is 7.40. The average Bonchev–Trinajstić information content (AvgIpc) is 2.23. The van der Waals surface area contributed by atoms with E-state index in [9.17, 15) is 13.2 Å². The van der Waals surface area contributed by atoms with Gasteiger partial charge in [0.25, 0.3) is 0 Å². The van der Waals surface area contributed by atoms with E-state index in [1.165, 1.54) is 0 Å². The molecule has 1 saturated heterocycles. The summed E-state index contributed by atoms with van der Waals surface area (Å²) >= 11 is 0. The molecule has 1 N–H and O–H groups in total. The van der Waals surface area contributed by atoms with Gasteiger partial charge < -0.3 is 10.2 Å². The second-order valence-electron chi connectivity index (χ2n) is 4.25. The minimum atomic E-state index is -3.01. The molecule has 0 spiro atoms. The normalized spacial score (nSPS) is 29.1. The average molecular weight is 248 g/mol. The van der Waals surface area contributed by atoms with Crippen LogP contribution in [0.5, 0.6) is 0 Å². The van der Waals surface area contributed by atoms with Crippen molar-refractivity contribution < 1.29 is 13.2 Å². The Hall–Kier alpha value is -0.620. The Bertz CT molecular complexity index is 353. The van der Waals surface area contributed by atoms with E-state index in [1.807, 2.05) is 0 Å². The Morgan fingerprint density at radius 2 is 2.06 bits per heavy atom. The fourth-order valence-corrected chi connectivity index (χ4v) is 3.47. The highest BCUT2D eigenvalue weighted by atomic mass is 32.2. The molecule has 1 heterocycles. The third-order valence-corrected chi connectivity index (χ3v) is 5.54. The van der Waals surface area contributed by atoms with Gasteiger partial charge in [0.2, 0.25) is 5.91 Å². The molecular formula is C10H20N2O3S. The Morgan fingerprint density at radius 1 is 1.44 bits per heavy atom. The lowest BCUT2D eigenvalue weighted by Crippen LogP contribution is -2.54. The Balaban J connectivity index is 2.68. The summed E-state index contributed by atoms with van der Waals surface area (Å²) in [5.41, 5.74) is 0. The molecule has 16 heavy (non-hydrogen) atoms. The number of nitrogens with zero attached hydrogens (tertiary/aromatic N) is 1. The predicted molar refractivity (Wildman–Crippen MR) is 63.0 cm³/mol. The first-order valence-corrected chi connectivity index (χ1v) is 7.27. The highest BCUT2D eigenvalue weighted by Gasteiger charge is 2.37. The molecule has 0 aliphatic carbocycles. The smallest absolute Gasteiger partial charge is 0.224 e. The molecule has 2 atom stereocenters. The second-order valence-corrected chi connectivity index (χ2v) is 6.73. The van der Waals surface area contributed by atoms with Crippen LogP contribution in [0.2, 0.25) is 0 Å². The van der Waals surface area contributed by atoms with E-state index in [0.29, 0.717) is 19.5 Å². The molecule has 1 aliphatic rings. The van der Waals surface area contributed by atoms with Gasteiger partial charge in [-0.25, -0.2) is 8.42 Å². The summed E-state index contributed by atoms with van der Waals surface area (Å²) in [6.07, 6.45) is 0.424. The molecule has 1 rings (SSSR count). The van der Waals surface area contributed by atoms with Crippen molar-refractivity contribution in [1.29, 1.82) is 0 Å². The first-order valence-electron chi connectivity index (χ1n) is 5.56. The molecule has 0 bridgehead atoms. The zero-order chi connectivity index (χ0) is 12.3. The van der Waals surface area contributed by atoms with Crippen LogP contribution in [0.3, 0.4) is 0 Å². The van der Waals surface area contributed by atoms with Crippen molar-refractivity contribution in [3.05, 3.63) is 0 Å². The van der Waals surface area contributed by atoms with E-state index in [0.717, 1.165) is 0 Å². The monoisotopic (exact) mass is 248 g/mol. The number of sulfone groups is 1. The Morgan fingerprint density at radius 3 is 2.62 bits per heavy atom. The maximum Gasteiger partial charge on any atom is 0.224 e. The van der Waals surface area contributed by atoms with E-state index >= 15 is 0 Å². The van der Waals surface area contributed by atoms with Crippen LogP contribution in [-0.2, 0) is 14.6 Å². The molecule has 1 aliphatic heterocycles. The van der Waals surface area contributed by atoms with Crippen molar-refractivity contribution in [2.24, 2.45) is 0 Å². The van der Waals surface area contributed by atoms with Crippen molar-refractivity contribution in [2.45, 2.75) is 31.6 Å². The molecule has 0 aromatic carbocycles. The molecule has 1 fully saturated rings. The molecule has 1 amide bonds. The number of amides is 1. The van der Waals surface area contributed by atoms with E-state index in [-0.39, 0.29) is 17.7 Å². The van der Waals surface area contributed by atoms with Crippen LogP contribution in [0.25, 0.3) is 0 Å². The van der Waals surface area contributed by atoms with Gasteiger partial charge in [0.05, 0.1) is 11.0 Å². The van der Waals surface area contributed by atoms with Gasteiger partial charge in [-0.3, -0.25) is 4.79 Å². The fraction of sp³-hybridized carbons (Fsp3) is 0.900. The summed E-state index contributed by atoms with van der Waals surface area (Å²) in [6.45, 7) is 4.44. The SMILES string of the molecule is CNCCC(=O)N1CCS(=O)(=O)C(C)C1C. The first kappa shape index (κ1) is 13.4. The summed E-state index contributed by atoms with van der Waals surface area (Å²) in [7, 11) is -1.22. The zero-order valence-corrected chi connectivity index (χ0v) is 10.9. The van der Waals surface area contributed by atoms with Gasteiger partial charge in [0, 0.05) is 25.6 Å². The van der Waals surface area contributed by atoms with Gasteiger partial charge in [0.15, 0.2) is 9.84 Å². The molecule has 0 aromatic heterocycles. The molecule has 0 aromatic rings. The van der Waals surface area contributed by atoms with Crippen LogP contribution >= 0.6 is 0 Å². The molecule has 2 unspecified atom stereocenters. The van der Waals surface area contributed by atoms with Crippen LogP contribution in [-0.4, -0.2) is 56.4 Å². The van der Waals surface area contributed by atoms with Gasteiger partial charge in [-0.15, -0.1) is 0 Å². The fourth-order valence-electron chi connectivity index (χ4n) is 1.90. The zero-order valence-electron chi connectivity index (χ0n) is 10.1.